The van der Waals surface area contributed by atoms with Gasteiger partial charge in [0.25, 0.3) is 0 Å². The van der Waals surface area contributed by atoms with Crippen molar-refractivity contribution in [3.8, 4) is 0 Å². The van der Waals surface area contributed by atoms with E-state index in [4.69, 9.17) is 5.73 Å². The second kappa shape index (κ2) is 4.04. The maximum absolute atomic E-state index is 5.99. The van der Waals surface area contributed by atoms with Gasteiger partial charge in [-0.2, -0.15) is 0 Å². The first-order valence-corrected chi connectivity index (χ1v) is 5.62. The topological polar surface area (TPSA) is 26.0 Å². The lowest BCUT2D eigenvalue weighted by Gasteiger charge is -2.27. The van der Waals surface area contributed by atoms with Crippen molar-refractivity contribution in [2.24, 2.45) is 5.92 Å². The van der Waals surface area contributed by atoms with Crippen LogP contribution in [0.3, 0.4) is 0 Å². The average Bonchev–Trinajstić information content (AvgIpc) is 2.20. The van der Waals surface area contributed by atoms with Crippen LogP contribution in [-0.2, 0) is 0 Å². The normalized spacial score (nSPS) is 27.5. The smallest absolute Gasteiger partial charge is 0.0349 e. The predicted octanol–water partition coefficient (Wildman–Crippen LogP) is 3.56. The van der Waals surface area contributed by atoms with Crippen LogP contribution in [0.4, 0.5) is 5.69 Å². The molecule has 2 N–H and O–H groups in total. The zero-order chi connectivity index (χ0) is 9.97. The SMILES string of the molecule is CC1CCC(c2ccccc2N)CC1. The number of nitrogen functional groups attached to an aromatic ring is 1. The van der Waals surface area contributed by atoms with Crippen LogP contribution in [-0.4, -0.2) is 0 Å². The highest BCUT2D eigenvalue weighted by molar-refractivity contribution is 5.48. The third kappa shape index (κ3) is 1.92. The molecule has 0 aliphatic heterocycles. The highest BCUT2D eigenvalue weighted by Crippen LogP contribution is 2.37. The molecule has 1 aliphatic rings. The van der Waals surface area contributed by atoms with Crippen molar-refractivity contribution < 1.29 is 0 Å². The van der Waals surface area contributed by atoms with Crippen molar-refractivity contribution in [1.82, 2.24) is 0 Å². The van der Waals surface area contributed by atoms with E-state index in [1.807, 2.05) is 12.1 Å². The van der Waals surface area contributed by atoms with E-state index in [2.05, 4.69) is 19.1 Å². The van der Waals surface area contributed by atoms with E-state index in [1.165, 1.54) is 31.2 Å². The van der Waals surface area contributed by atoms with Crippen molar-refractivity contribution in [1.29, 1.82) is 0 Å². The molecule has 0 bridgehead atoms. The predicted molar refractivity (Wildman–Crippen MR) is 61.2 cm³/mol. The summed E-state index contributed by atoms with van der Waals surface area (Å²) in [6.07, 6.45) is 5.35. The van der Waals surface area contributed by atoms with Crippen molar-refractivity contribution >= 4 is 5.69 Å². The monoisotopic (exact) mass is 189 g/mol. The zero-order valence-electron chi connectivity index (χ0n) is 8.87. The number of anilines is 1. The molecule has 0 unspecified atom stereocenters. The molecule has 0 spiro atoms. The fraction of sp³-hybridized carbons (Fsp3) is 0.538. The molecule has 1 nitrogen and oxygen atoms in total. The third-order valence-corrected chi connectivity index (χ3v) is 3.45. The van der Waals surface area contributed by atoms with Gasteiger partial charge in [-0.25, -0.2) is 0 Å². The van der Waals surface area contributed by atoms with Crippen LogP contribution in [0.2, 0.25) is 0 Å². The molecule has 1 heteroatoms. The number of hydrogen-bond donors (Lipinski definition) is 1. The summed E-state index contributed by atoms with van der Waals surface area (Å²) in [6, 6.07) is 8.33. The lowest BCUT2D eigenvalue weighted by Crippen LogP contribution is -2.12. The Balaban J connectivity index is 2.12. The number of hydrogen-bond acceptors (Lipinski definition) is 1. The van der Waals surface area contributed by atoms with Gasteiger partial charge in [-0.05, 0) is 36.3 Å². The largest absolute Gasteiger partial charge is 0.398 e. The van der Waals surface area contributed by atoms with Crippen molar-refractivity contribution in [3.05, 3.63) is 29.8 Å². The molecule has 0 amide bonds. The summed E-state index contributed by atoms with van der Waals surface area (Å²) in [4.78, 5) is 0. The average molecular weight is 189 g/mol. The quantitative estimate of drug-likeness (QED) is 0.672. The standard InChI is InChI=1S/C13H19N/c1-10-6-8-11(9-7-10)12-4-2-3-5-13(12)14/h2-5,10-11H,6-9,14H2,1H3. The van der Waals surface area contributed by atoms with Crippen molar-refractivity contribution in [2.75, 3.05) is 5.73 Å². The molecular weight excluding hydrogens is 170 g/mol. The Labute approximate surface area is 86.3 Å². The summed E-state index contributed by atoms with van der Waals surface area (Å²) >= 11 is 0. The molecule has 0 aromatic heterocycles. The van der Waals surface area contributed by atoms with E-state index in [-0.39, 0.29) is 0 Å². The van der Waals surface area contributed by atoms with E-state index in [1.54, 1.807) is 0 Å². The minimum atomic E-state index is 0.715. The van der Waals surface area contributed by atoms with Crippen LogP contribution in [0, 0.1) is 5.92 Å². The highest BCUT2D eigenvalue weighted by atomic mass is 14.6. The maximum atomic E-state index is 5.99. The van der Waals surface area contributed by atoms with Gasteiger partial charge in [-0.3, -0.25) is 0 Å². The fourth-order valence-electron chi connectivity index (χ4n) is 2.45. The number of benzene rings is 1. The molecule has 0 heterocycles. The van der Waals surface area contributed by atoms with Crippen molar-refractivity contribution in [3.63, 3.8) is 0 Å². The van der Waals surface area contributed by atoms with E-state index in [0.29, 0.717) is 5.92 Å². The van der Waals surface area contributed by atoms with Crippen LogP contribution >= 0.6 is 0 Å². The highest BCUT2D eigenvalue weighted by Gasteiger charge is 2.20. The molecule has 1 aromatic carbocycles. The maximum Gasteiger partial charge on any atom is 0.0349 e. The van der Waals surface area contributed by atoms with Crippen LogP contribution in [0.25, 0.3) is 0 Å². The van der Waals surface area contributed by atoms with Gasteiger partial charge < -0.3 is 5.73 Å². The van der Waals surface area contributed by atoms with Gasteiger partial charge in [-0.1, -0.05) is 38.0 Å². The van der Waals surface area contributed by atoms with Gasteiger partial charge in [0.1, 0.15) is 0 Å². The van der Waals surface area contributed by atoms with Gasteiger partial charge in [0, 0.05) is 5.69 Å². The molecule has 76 valence electrons. The van der Waals surface area contributed by atoms with Crippen LogP contribution in [0.15, 0.2) is 24.3 Å². The van der Waals surface area contributed by atoms with Gasteiger partial charge in [0.15, 0.2) is 0 Å². The first-order chi connectivity index (χ1) is 6.77. The molecule has 1 aromatic rings. The molecule has 14 heavy (non-hydrogen) atoms. The van der Waals surface area contributed by atoms with E-state index < -0.39 is 0 Å². The van der Waals surface area contributed by atoms with E-state index in [0.717, 1.165) is 11.6 Å². The summed E-state index contributed by atoms with van der Waals surface area (Å²) in [6.45, 7) is 2.35. The summed E-state index contributed by atoms with van der Waals surface area (Å²) < 4.78 is 0. The molecule has 0 saturated heterocycles. The van der Waals surface area contributed by atoms with Crippen molar-refractivity contribution in [2.45, 2.75) is 38.5 Å². The second-order valence-corrected chi connectivity index (χ2v) is 4.59. The Hall–Kier alpha value is -0.980. The fourth-order valence-corrected chi connectivity index (χ4v) is 2.45. The lowest BCUT2D eigenvalue weighted by atomic mass is 9.79. The van der Waals surface area contributed by atoms with E-state index >= 15 is 0 Å². The third-order valence-electron chi connectivity index (χ3n) is 3.45. The van der Waals surface area contributed by atoms with E-state index in [9.17, 15) is 0 Å². The Morgan fingerprint density at radius 1 is 1.07 bits per heavy atom. The van der Waals surface area contributed by atoms with Crippen LogP contribution < -0.4 is 5.73 Å². The Morgan fingerprint density at radius 2 is 1.71 bits per heavy atom. The minimum absolute atomic E-state index is 0.715. The summed E-state index contributed by atoms with van der Waals surface area (Å²) in [5.74, 6) is 1.63. The molecule has 0 radical (unpaired) electrons. The minimum Gasteiger partial charge on any atom is -0.398 e. The molecule has 1 fully saturated rings. The molecule has 2 rings (SSSR count). The number of rotatable bonds is 1. The summed E-state index contributed by atoms with van der Waals surface area (Å²) in [5.41, 5.74) is 8.34. The second-order valence-electron chi connectivity index (χ2n) is 4.59. The lowest BCUT2D eigenvalue weighted by molar-refractivity contribution is 0.348. The van der Waals surface area contributed by atoms with Gasteiger partial charge in [0.2, 0.25) is 0 Å². The zero-order valence-corrected chi connectivity index (χ0v) is 8.87. The number of para-hydroxylation sites is 1. The Kier molecular flexibility index (Phi) is 2.76. The summed E-state index contributed by atoms with van der Waals surface area (Å²) in [7, 11) is 0. The van der Waals surface area contributed by atoms with Crippen LogP contribution in [0.1, 0.15) is 44.1 Å². The van der Waals surface area contributed by atoms with Crippen LogP contribution in [0.5, 0.6) is 0 Å². The van der Waals surface area contributed by atoms with Gasteiger partial charge >= 0.3 is 0 Å². The molecular formula is C13H19N. The molecule has 1 aliphatic carbocycles. The Morgan fingerprint density at radius 3 is 2.36 bits per heavy atom. The summed E-state index contributed by atoms with van der Waals surface area (Å²) in [5, 5.41) is 0. The van der Waals surface area contributed by atoms with Gasteiger partial charge in [-0.15, -0.1) is 0 Å². The molecule has 1 saturated carbocycles. The number of nitrogens with two attached hydrogens (primary N) is 1. The van der Waals surface area contributed by atoms with Gasteiger partial charge in [0.05, 0.1) is 0 Å². The first-order valence-electron chi connectivity index (χ1n) is 5.62. The Bertz CT molecular complexity index is 298. The first kappa shape index (κ1) is 9.57. The molecule has 0 atom stereocenters.